The Bertz CT molecular complexity index is 445. The second-order valence-electron chi connectivity index (χ2n) is 4.81. The molecule has 0 aromatic heterocycles. The van der Waals surface area contributed by atoms with Crippen molar-refractivity contribution in [2.75, 3.05) is 20.3 Å². The Morgan fingerprint density at radius 1 is 1.35 bits per heavy atom. The van der Waals surface area contributed by atoms with Crippen molar-refractivity contribution in [2.24, 2.45) is 5.92 Å². The molecule has 0 aliphatic heterocycles. The maximum Gasteiger partial charge on any atom is 0.251 e. The number of nitrogens with one attached hydrogen (secondary N) is 1. The third-order valence-electron chi connectivity index (χ3n) is 3.04. The zero-order valence-electron chi connectivity index (χ0n) is 12.5. The van der Waals surface area contributed by atoms with Gasteiger partial charge in [-0.15, -0.1) is 0 Å². The van der Waals surface area contributed by atoms with Gasteiger partial charge in [0, 0.05) is 5.56 Å². The van der Waals surface area contributed by atoms with E-state index in [0.717, 1.165) is 0 Å². The predicted molar refractivity (Wildman–Crippen MR) is 77.3 cm³/mol. The molecule has 5 nitrogen and oxygen atoms in total. The lowest BCUT2D eigenvalue weighted by Gasteiger charge is -2.20. The van der Waals surface area contributed by atoms with E-state index in [4.69, 9.17) is 9.47 Å². The molecule has 0 aliphatic rings. The van der Waals surface area contributed by atoms with Crippen molar-refractivity contribution in [2.45, 2.75) is 26.8 Å². The van der Waals surface area contributed by atoms with Crippen LogP contribution in [-0.4, -0.2) is 37.4 Å². The molecule has 0 spiro atoms. The highest BCUT2D eigenvalue weighted by atomic mass is 16.5. The van der Waals surface area contributed by atoms with Gasteiger partial charge in [0.15, 0.2) is 11.5 Å². The number of aliphatic hydroxyl groups is 1. The molecule has 1 aromatic carbocycles. The smallest absolute Gasteiger partial charge is 0.251 e. The molecule has 1 aromatic rings. The number of amides is 1. The van der Waals surface area contributed by atoms with E-state index >= 15 is 0 Å². The van der Waals surface area contributed by atoms with Gasteiger partial charge in [-0.2, -0.15) is 0 Å². The number of hydrogen-bond acceptors (Lipinski definition) is 4. The van der Waals surface area contributed by atoms with E-state index in [1.807, 2.05) is 20.8 Å². The first-order chi connectivity index (χ1) is 9.53. The molecule has 1 rings (SSSR count). The summed E-state index contributed by atoms with van der Waals surface area (Å²) in [6.45, 7) is 6.22. The van der Waals surface area contributed by atoms with E-state index in [1.165, 1.54) is 7.11 Å². The number of aliphatic hydroxyl groups excluding tert-OH is 1. The summed E-state index contributed by atoms with van der Waals surface area (Å²) in [6, 6.07) is 4.76. The molecule has 0 bridgehead atoms. The summed E-state index contributed by atoms with van der Waals surface area (Å²) in [7, 11) is 1.53. The van der Waals surface area contributed by atoms with Gasteiger partial charge < -0.3 is 19.9 Å². The van der Waals surface area contributed by atoms with Crippen molar-refractivity contribution in [1.29, 1.82) is 0 Å². The molecule has 112 valence electrons. The standard InChI is InChI=1S/C15H23NO4/c1-5-20-13-7-6-11(8-14(13)19-4)15(18)16-12(9-17)10(2)3/h6-8,10,12,17H,5,9H2,1-4H3,(H,16,18)/t12-/m1/s1. The summed E-state index contributed by atoms with van der Waals surface area (Å²) in [5.74, 6) is 1.05. The molecule has 0 aliphatic carbocycles. The SMILES string of the molecule is CCOc1ccc(C(=O)N[C@H](CO)C(C)C)cc1OC. The molecule has 0 fully saturated rings. The van der Waals surface area contributed by atoms with E-state index in [-0.39, 0.29) is 24.5 Å². The fourth-order valence-electron chi connectivity index (χ4n) is 1.76. The predicted octanol–water partition coefficient (Wildman–Crippen LogP) is 1.84. The van der Waals surface area contributed by atoms with Crippen LogP contribution in [0.2, 0.25) is 0 Å². The second-order valence-corrected chi connectivity index (χ2v) is 4.81. The summed E-state index contributed by atoms with van der Waals surface area (Å²) in [5.41, 5.74) is 0.476. The van der Waals surface area contributed by atoms with Gasteiger partial charge in [-0.25, -0.2) is 0 Å². The Morgan fingerprint density at radius 2 is 2.05 bits per heavy atom. The van der Waals surface area contributed by atoms with Crippen LogP contribution in [0.25, 0.3) is 0 Å². The van der Waals surface area contributed by atoms with E-state index < -0.39 is 0 Å². The average Bonchev–Trinajstić information content (AvgIpc) is 2.44. The third kappa shape index (κ3) is 4.13. The monoisotopic (exact) mass is 281 g/mol. The van der Waals surface area contributed by atoms with Crippen LogP contribution in [0, 0.1) is 5.92 Å². The van der Waals surface area contributed by atoms with Gasteiger partial charge in [0.1, 0.15) is 0 Å². The van der Waals surface area contributed by atoms with Crippen LogP contribution in [0.1, 0.15) is 31.1 Å². The number of rotatable bonds is 7. The Hall–Kier alpha value is -1.75. The average molecular weight is 281 g/mol. The first-order valence-electron chi connectivity index (χ1n) is 6.76. The van der Waals surface area contributed by atoms with Crippen LogP contribution in [-0.2, 0) is 0 Å². The van der Waals surface area contributed by atoms with Crippen molar-refractivity contribution in [3.05, 3.63) is 23.8 Å². The van der Waals surface area contributed by atoms with Gasteiger partial charge in [0.2, 0.25) is 0 Å². The Balaban J connectivity index is 2.88. The molecule has 0 heterocycles. The summed E-state index contributed by atoms with van der Waals surface area (Å²) in [4.78, 5) is 12.1. The lowest BCUT2D eigenvalue weighted by atomic mass is 10.0. The summed E-state index contributed by atoms with van der Waals surface area (Å²) in [6.07, 6.45) is 0. The molecular formula is C15H23NO4. The van der Waals surface area contributed by atoms with Gasteiger partial charge in [0.25, 0.3) is 5.91 Å². The van der Waals surface area contributed by atoms with Crippen molar-refractivity contribution in [3.8, 4) is 11.5 Å². The fourth-order valence-corrected chi connectivity index (χ4v) is 1.76. The lowest BCUT2D eigenvalue weighted by Crippen LogP contribution is -2.41. The van der Waals surface area contributed by atoms with Crippen LogP contribution >= 0.6 is 0 Å². The third-order valence-corrected chi connectivity index (χ3v) is 3.04. The molecule has 0 unspecified atom stereocenters. The molecule has 2 N–H and O–H groups in total. The minimum Gasteiger partial charge on any atom is -0.493 e. The van der Waals surface area contributed by atoms with Crippen molar-refractivity contribution in [1.82, 2.24) is 5.32 Å². The Labute approximate surface area is 119 Å². The molecule has 5 heteroatoms. The summed E-state index contributed by atoms with van der Waals surface area (Å²) >= 11 is 0. The van der Waals surface area contributed by atoms with Crippen LogP contribution in [0.5, 0.6) is 11.5 Å². The van der Waals surface area contributed by atoms with E-state index in [2.05, 4.69) is 5.32 Å². The lowest BCUT2D eigenvalue weighted by molar-refractivity contribution is 0.0896. The van der Waals surface area contributed by atoms with Crippen LogP contribution in [0.4, 0.5) is 0 Å². The van der Waals surface area contributed by atoms with Gasteiger partial charge in [0.05, 0.1) is 26.4 Å². The summed E-state index contributed by atoms with van der Waals surface area (Å²) < 4.78 is 10.6. The van der Waals surface area contributed by atoms with Crippen LogP contribution in [0.3, 0.4) is 0 Å². The van der Waals surface area contributed by atoms with E-state index in [1.54, 1.807) is 18.2 Å². The van der Waals surface area contributed by atoms with Crippen molar-refractivity contribution < 1.29 is 19.4 Å². The fraction of sp³-hybridized carbons (Fsp3) is 0.533. The number of carbonyl (C=O) groups is 1. The first kappa shape index (κ1) is 16.3. The zero-order valence-corrected chi connectivity index (χ0v) is 12.5. The molecule has 1 atom stereocenters. The molecule has 0 radical (unpaired) electrons. The number of ether oxygens (including phenoxy) is 2. The van der Waals surface area contributed by atoms with Gasteiger partial charge in [-0.3, -0.25) is 4.79 Å². The molecule has 0 saturated heterocycles. The summed E-state index contributed by atoms with van der Waals surface area (Å²) in [5, 5.41) is 12.0. The zero-order chi connectivity index (χ0) is 15.1. The Kier molecular flexibility index (Phi) is 6.31. The van der Waals surface area contributed by atoms with E-state index in [9.17, 15) is 9.90 Å². The highest BCUT2D eigenvalue weighted by molar-refractivity contribution is 5.95. The largest absolute Gasteiger partial charge is 0.493 e. The van der Waals surface area contributed by atoms with Gasteiger partial charge >= 0.3 is 0 Å². The minimum atomic E-state index is -0.264. The maximum absolute atomic E-state index is 12.1. The normalized spacial score (nSPS) is 12.1. The maximum atomic E-state index is 12.1. The van der Waals surface area contributed by atoms with Crippen molar-refractivity contribution in [3.63, 3.8) is 0 Å². The molecule has 20 heavy (non-hydrogen) atoms. The Morgan fingerprint density at radius 3 is 2.55 bits per heavy atom. The second kappa shape index (κ2) is 7.75. The molecule has 0 saturated carbocycles. The highest BCUT2D eigenvalue weighted by Gasteiger charge is 2.17. The van der Waals surface area contributed by atoms with E-state index in [0.29, 0.717) is 23.7 Å². The topological polar surface area (TPSA) is 67.8 Å². The van der Waals surface area contributed by atoms with Crippen molar-refractivity contribution >= 4 is 5.91 Å². The van der Waals surface area contributed by atoms with Crippen LogP contribution in [0.15, 0.2) is 18.2 Å². The quantitative estimate of drug-likeness (QED) is 0.800. The number of methoxy groups -OCH3 is 1. The van der Waals surface area contributed by atoms with Crippen LogP contribution < -0.4 is 14.8 Å². The minimum absolute atomic E-state index is 0.0857. The highest BCUT2D eigenvalue weighted by Crippen LogP contribution is 2.28. The van der Waals surface area contributed by atoms with Gasteiger partial charge in [-0.05, 0) is 31.0 Å². The molecule has 1 amide bonds. The van der Waals surface area contributed by atoms with Gasteiger partial charge in [-0.1, -0.05) is 13.8 Å². The molecular weight excluding hydrogens is 258 g/mol. The number of benzene rings is 1. The number of hydrogen-bond donors (Lipinski definition) is 2. The number of carbonyl (C=O) groups excluding carboxylic acids is 1. The first-order valence-corrected chi connectivity index (χ1v) is 6.76.